The smallest absolute Gasteiger partial charge is 0.138 e. The Kier molecular flexibility index (Phi) is 8.96. The summed E-state index contributed by atoms with van der Waals surface area (Å²) in [6.45, 7) is 11.4. The molecule has 0 spiro atoms. The number of pyridine rings is 2. The van der Waals surface area contributed by atoms with Gasteiger partial charge in [0, 0.05) is 43.3 Å². The van der Waals surface area contributed by atoms with Crippen LogP contribution in [0.25, 0.3) is 44.5 Å². The van der Waals surface area contributed by atoms with Crippen molar-refractivity contribution in [3.8, 4) is 22.5 Å². The summed E-state index contributed by atoms with van der Waals surface area (Å²) >= 11 is 0. The molecular weight excluding hydrogens is 673 g/mol. The van der Waals surface area contributed by atoms with Crippen LogP contribution in [-0.4, -0.2) is 18.0 Å². The van der Waals surface area contributed by atoms with E-state index in [0.29, 0.717) is 5.92 Å². The van der Waals surface area contributed by atoms with Crippen molar-refractivity contribution in [3.63, 3.8) is 0 Å². The summed E-state index contributed by atoms with van der Waals surface area (Å²) in [7, 11) is -1.23. The average Bonchev–Trinajstić information content (AvgIpc) is 3.32. The van der Waals surface area contributed by atoms with Gasteiger partial charge in [0.1, 0.15) is 11.2 Å². The average molecular weight is 705 g/mol. The fraction of sp³-hybridized carbons (Fsp3) is 0.176. The van der Waals surface area contributed by atoms with Gasteiger partial charge in [-0.05, 0) is 34.1 Å². The Hall–Kier alpha value is -3.37. The van der Waals surface area contributed by atoms with Crippen LogP contribution in [-0.2, 0) is 20.1 Å². The monoisotopic (exact) mass is 705 g/mol. The summed E-state index contributed by atoms with van der Waals surface area (Å²) in [5.41, 5.74) is 7.02. The first-order valence-corrected chi connectivity index (χ1v) is 16.5. The maximum Gasteiger partial charge on any atom is 0.138 e. The number of aromatic nitrogens is 2. The summed E-state index contributed by atoms with van der Waals surface area (Å²) in [6.07, 6.45) is 3.92. The van der Waals surface area contributed by atoms with Crippen molar-refractivity contribution in [1.82, 2.24) is 9.97 Å². The van der Waals surface area contributed by atoms with Crippen LogP contribution in [0, 0.1) is 12.1 Å². The largest absolute Gasteiger partial charge is 0.456 e. The van der Waals surface area contributed by atoms with E-state index < -0.39 is 8.07 Å². The molecule has 0 fully saturated rings. The van der Waals surface area contributed by atoms with Gasteiger partial charge in [-0.1, -0.05) is 63.8 Å². The van der Waals surface area contributed by atoms with Crippen LogP contribution in [0.1, 0.15) is 25.3 Å². The summed E-state index contributed by atoms with van der Waals surface area (Å²) in [4.78, 5) is 9.10. The van der Waals surface area contributed by atoms with Gasteiger partial charge in [-0.3, -0.25) is 0 Å². The molecule has 5 heteroatoms. The minimum atomic E-state index is -1.23. The second-order valence-corrected chi connectivity index (χ2v) is 15.9. The molecule has 0 saturated carbocycles. The molecule has 0 aliphatic rings. The minimum Gasteiger partial charge on any atom is -0.456 e. The van der Waals surface area contributed by atoms with E-state index in [1.165, 1.54) is 10.8 Å². The van der Waals surface area contributed by atoms with Crippen molar-refractivity contribution >= 4 is 35.2 Å². The molecule has 0 aliphatic carbocycles. The normalized spacial score (nSPS) is 11.2. The first-order valence-electron chi connectivity index (χ1n) is 13.0. The van der Waals surface area contributed by atoms with E-state index >= 15 is 0 Å². The molecule has 39 heavy (non-hydrogen) atoms. The molecule has 3 aromatic carbocycles. The van der Waals surface area contributed by atoms with Gasteiger partial charge in [-0.15, -0.1) is 71.8 Å². The molecule has 6 rings (SSSR count). The quantitative estimate of drug-likeness (QED) is 0.136. The summed E-state index contributed by atoms with van der Waals surface area (Å²) in [5.74, 6) is 0.430. The van der Waals surface area contributed by atoms with Crippen LogP contribution in [0.5, 0.6) is 0 Å². The summed E-state index contributed by atoms with van der Waals surface area (Å²) in [6, 6.07) is 34.8. The van der Waals surface area contributed by atoms with Gasteiger partial charge in [-0.2, -0.15) is 0 Å². The number of rotatable bonds is 4. The van der Waals surface area contributed by atoms with Crippen molar-refractivity contribution in [3.05, 3.63) is 115 Å². The molecule has 3 heterocycles. The fourth-order valence-corrected chi connectivity index (χ4v) is 5.45. The molecule has 0 bridgehead atoms. The molecule has 3 aromatic heterocycles. The second kappa shape index (κ2) is 12.2. The SMILES string of the molecule is CC(C)c1cccc2c1oc1cc(-c3[c-]cccc3)ncc12.C[Si](C)(C)c1ccc(-c2[c-]cccc2)nc1.[Ir]. The van der Waals surface area contributed by atoms with Gasteiger partial charge in [0.25, 0.3) is 0 Å². The molecule has 6 aromatic rings. The zero-order valence-electron chi connectivity index (χ0n) is 23.0. The fourth-order valence-electron chi connectivity index (χ4n) is 4.42. The molecule has 0 unspecified atom stereocenters. The molecule has 0 N–H and O–H groups in total. The van der Waals surface area contributed by atoms with Crippen molar-refractivity contribution in [2.24, 2.45) is 0 Å². The number of nitrogens with zero attached hydrogens (tertiary/aromatic N) is 2. The third kappa shape index (κ3) is 6.44. The predicted molar refractivity (Wildman–Crippen MR) is 161 cm³/mol. The Morgan fingerprint density at radius 3 is 1.95 bits per heavy atom. The maximum atomic E-state index is 6.15. The van der Waals surface area contributed by atoms with Gasteiger partial charge in [0.15, 0.2) is 0 Å². The van der Waals surface area contributed by atoms with Gasteiger partial charge in [-0.25, -0.2) is 0 Å². The van der Waals surface area contributed by atoms with Crippen molar-refractivity contribution in [1.29, 1.82) is 0 Å². The Labute approximate surface area is 245 Å². The Morgan fingerprint density at radius 1 is 0.718 bits per heavy atom. The van der Waals surface area contributed by atoms with E-state index in [1.54, 1.807) is 0 Å². The van der Waals surface area contributed by atoms with Crippen LogP contribution in [0.4, 0.5) is 0 Å². The van der Waals surface area contributed by atoms with Crippen molar-refractivity contribution in [2.45, 2.75) is 39.4 Å². The molecule has 0 amide bonds. The minimum absolute atomic E-state index is 0. The zero-order chi connectivity index (χ0) is 26.7. The van der Waals surface area contributed by atoms with E-state index in [-0.39, 0.29) is 20.1 Å². The third-order valence-electron chi connectivity index (χ3n) is 6.64. The molecule has 0 atom stereocenters. The number of fused-ring (bicyclic) bond motifs is 3. The van der Waals surface area contributed by atoms with E-state index in [1.807, 2.05) is 67.0 Å². The van der Waals surface area contributed by atoms with Gasteiger partial charge in [0.05, 0.1) is 8.07 Å². The van der Waals surface area contributed by atoms with Gasteiger partial charge < -0.3 is 14.4 Å². The first kappa shape index (κ1) is 28.6. The molecule has 1 radical (unpaired) electrons. The van der Waals surface area contributed by atoms with E-state index in [0.717, 1.165) is 44.5 Å². The Morgan fingerprint density at radius 2 is 1.38 bits per heavy atom. The van der Waals surface area contributed by atoms with Gasteiger partial charge in [0.2, 0.25) is 0 Å². The Bertz CT molecular complexity index is 1660. The second-order valence-electron chi connectivity index (χ2n) is 10.8. The molecular formula is C34H32IrN2OSi-2. The summed E-state index contributed by atoms with van der Waals surface area (Å²) < 4.78 is 6.15. The maximum absolute atomic E-state index is 6.15. The van der Waals surface area contributed by atoms with E-state index in [2.05, 4.69) is 85.9 Å². The third-order valence-corrected chi connectivity index (χ3v) is 8.66. The van der Waals surface area contributed by atoms with E-state index in [4.69, 9.17) is 4.42 Å². The van der Waals surface area contributed by atoms with E-state index in [9.17, 15) is 0 Å². The number of hydrogen-bond donors (Lipinski definition) is 0. The molecule has 3 nitrogen and oxygen atoms in total. The number of furan rings is 1. The predicted octanol–water partition coefficient (Wildman–Crippen LogP) is 8.66. The number of para-hydroxylation sites is 1. The Balaban J connectivity index is 0.000000186. The van der Waals surface area contributed by atoms with Gasteiger partial charge >= 0.3 is 0 Å². The molecule has 199 valence electrons. The standard InChI is InChI=1S/C20H16NO.C14H16NSi.Ir/c1-13(2)15-9-6-10-16-17-12-21-18(11-19(17)22-20(15)16)14-7-4-3-5-8-14;1-16(2,3)13-9-10-14(15-11-13)12-7-5-4-6-8-12;/h3-7,9-13H,1-2H3;4-7,9-11H,1-3H3;/q2*-1;. The molecule has 0 saturated heterocycles. The first-order chi connectivity index (χ1) is 18.3. The van der Waals surface area contributed by atoms with Crippen LogP contribution >= 0.6 is 0 Å². The van der Waals surface area contributed by atoms with Crippen LogP contribution in [0.2, 0.25) is 19.6 Å². The van der Waals surface area contributed by atoms with Crippen LogP contribution in [0.3, 0.4) is 0 Å². The number of benzene rings is 3. The van der Waals surface area contributed by atoms with Crippen molar-refractivity contribution < 1.29 is 24.5 Å². The van der Waals surface area contributed by atoms with Crippen LogP contribution in [0.15, 0.2) is 102 Å². The van der Waals surface area contributed by atoms with Crippen molar-refractivity contribution in [2.75, 3.05) is 0 Å². The zero-order valence-corrected chi connectivity index (χ0v) is 26.3. The summed E-state index contributed by atoms with van der Waals surface area (Å²) in [5, 5.41) is 3.60. The number of hydrogen-bond acceptors (Lipinski definition) is 3. The molecule has 0 aliphatic heterocycles. The topological polar surface area (TPSA) is 38.9 Å². The van der Waals surface area contributed by atoms with Crippen LogP contribution < -0.4 is 5.19 Å².